The molecule has 4 saturated heterocycles. The highest BCUT2D eigenvalue weighted by molar-refractivity contribution is 4.70. The molecular formula is C35H76N6. The second-order valence-electron chi connectivity index (χ2n) is 15.0. The van der Waals surface area contributed by atoms with Gasteiger partial charge in [0.15, 0.2) is 0 Å². The molecule has 4 heterocycles. The SMILES string of the molecule is CC(C)CN1CCCCC1.CC(C)CN1CCCCC1.CC(C)CN1CCN(C)CC1.CC(C)CN1CCNCC1. The van der Waals surface area contributed by atoms with Crippen molar-refractivity contribution in [1.82, 2.24) is 29.8 Å². The lowest BCUT2D eigenvalue weighted by Crippen LogP contribution is -2.45. The number of likely N-dealkylation sites (tertiary alicyclic amines) is 2. The molecule has 0 saturated carbocycles. The molecule has 41 heavy (non-hydrogen) atoms. The molecule has 0 atom stereocenters. The monoisotopic (exact) mass is 581 g/mol. The van der Waals surface area contributed by atoms with E-state index >= 15 is 0 Å². The normalized spacial score (nSPS) is 22.2. The predicted octanol–water partition coefficient (Wildman–Crippen LogP) is 5.69. The zero-order valence-corrected chi connectivity index (χ0v) is 29.6. The van der Waals surface area contributed by atoms with Gasteiger partial charge in [0.2, 0.25) is 0 Å². The van der Waals surface area contributed by atoms with E-state index in [2.05, 4.69) is 92.3 Å². The van der Waals surface area contributed by atoms with E-state index < -0.39 is 0 Å². The van der Waals surface area contributed by atoms with Crippen molar-refractivity contribution in [3.05, 3.63) is 0 Å². The fourth-order valence-corrected chi connectivity index (χ4v) is 6.27. The Morgan fingerprint density at radius 2 is 0.683 bits per heavy atom. The maximum absolute atomic E-state index is 3.35. The fraction of sp³-hybridized carbons (Fsp3) is 1.00. The Balaban J connectivity index is 0.000000274. The fourth-order valence-electron chi connectivity index (χ4n) is 6.27. The van der Waals surface area contributed by atoms with Gasteiger partial charge in [-0.15, -0.1) is 0 Å². The number of piperazine rings is 2. The maximum atomic E-state index is 3.35. The van der Waals surface area contributed by atoms with Crippen LogP contribution >= 0.6 is 0 Å². The molecule has 0 aromatic rings. The lowest BCUT2D eigenvalue weighted by Gasteiger charge is -2.33. The van der Waals surface area contributed by atoms with E-state index in [1.807, 2.05) is 0 Å². The van der Waals surface area contributed by atoms with Crippen molar-refractivity contribution >= 4 is 0 Å². The highest BCUT2D eigenvalue weighted by Crippen LogP contribution is 2.11. The van der Waals surface area contributed by atoms with Crippen molar-refractivity contribution in [3.63, 3.8) is 0 Å². The molecule has 4 aliphatic heterocycles. The Hall–Kier alpha value is -0.240. The minimum absolute atomic E-state index is 0.818. The molecule has 0 aliphatic carbocycles. The van der Waals surface area contributed by atoms with Gasteiger partial charge in [-0.2, -0.15) is 0 Å². The van der Waals surface area contributed by atoms with Crippen molar-refractivity contribution in [1.29, 1.82) is 0 Å². The Morgan fingerprint density at radius 1 is 0.390 bits per heavy atom. The van der Waals surface area contributed by atoms with Crippen molar-refractivity contribution in [2.75, 3.05) is 112 Å². The Kier molecular flexibility index (Phi) is 22.8. The van der Waals surface area contributed by atoms with Crippen LogP contribution in [0.15, 0.2) is 0 Å². The molecule has 4 rings (SSSR count). The van der Waals surface area contributed by atoms with E-state index in [0.717, 1.165) is 23.7 Å². The van der Waals surface area contributed by atoms with Crippen molar-refractivity contribution < 1.29 is 0 Å². The second-order valence-corrected chi connectivity index (χ2v) is 15.0. The minimum atomic E-state index is 0.818. The van der Waals surface area contributed by atoms with Gasteiger partial charge in [0.25, 0.3) is 0 Å². The molecule has 6 nitrogen and oxygen atoms in total. The number of hydrogen-bond acceptors (Lipinski definition) is 6. The highest BCUT2D eigenvalue weighted by Gasteiger charge is 2.14. The lowest BCUT2D eigenvalue weighted by molar-refractivity contribution is 0.141. The number of nitrogens with one attached hydrogen (secondary N) is 1. The van der Waals surface area contributed by atoms with Gasteiger partial charge < -0.3 is 29.8 Å². The Bertz CT molecular complexity index is 498. The number of rotatable bonds is 8. The number of nitrogens with zero attached hydrogens (tertiary/aromatic N) is 5. The van der Waals surface area contributed by atoms with Gasteiger partial charge in [-0.3, -0.25) is 0 Å². The summed E-state index contributed by atoms with van der Waals surface area (Å²) in [6.45, 7) is 38.7. The first kappa shape index (κ1) is 38.8. The average molecular weight is 581 g/mol. The Morgan fingerprint density at radius 3 is 1.00 bits per heavy atom. The van der Waals surface area contributed by atoms with Crippen LogP contribution in [-0.4, -0.2) is 136 Å². The first-order valence-corrected chi connectivity index (χ1v) is 17.8. The van der Waals surface area contributed by atoms with E-state index in [9.17, 15) is 0 Å². The summed E-state index contributed by atoms with van der Waals surface area (Å²) in [5, 5.41) is 3.35. The Labute approximate surface area is 258 Å². The molecule has 0 aromatic heterocycles. The van der Waals surface area contributed by atoms with E-state index in [1.54, 1.807) is 0 Å². The van der Waals surface area contributed by atoms with E-state index in [4.69, 9.17) is 0 Å². The van der Waals surface area contributed by atoms with E-state index in [-0.39, 0.29) is 0 Å². The quantitative estimate of drug-likeness (QED) is 0.396. The van der Waals surface area contributed by atoms with Crippen LogP contribution in [0.2, 0.25) is 0 Å². The van der Waals surface area contributed by atoms with Gasteiger partial charge in [-0.1, -0.05) is 68.2 Å². The molecule has 4 aliphatic rings. The first-order chi connectivity index (χ1) is 19.5. The molecule has 0 aromatic carbocycles. The third-order valence-electron chi connectivity index (χ3n) is 8.20. The molecule has 0 spiro atoms. The predicted molar refractivity (Wildman–Crippen MR) is 183 cm³/mol. The summed E-state index contributed by atoms with van der Waals surface area (Å²) in [5.74, 6) is 3.33. The molecule has 0 unspecified atom stereocenters. The van der Waals surface area contributed by atoms with Gasteiger partial charge in [0.1, 0.15) is 0 Å². The standard InChI is InChI=1S/C9H20N2.2C9H19N.C8H18N2/c1-9(2)8-11-6-4-10(3)5-7-11;2*1-9(2)8-10-6-4-3-5-7-10;1-8(2)7-10-5-3-9-4-6-10/h9H,4-8H2,1-3H3;2*9H,3-8H2,1-2H3;8-9H,3-7H2,1-2H3. The summed E-state index contributed by atoms with van der Waals surface area (Å²) >= 11 is 0. The molecule has 1 N–H and O–H groups in total. The first-order valence-electron chi connectivity index (χ1n) is 17.8. The van der Waals surface area contributed by atoms with Crippen LogP contribution in [0.1, 0.15) is 93.9 Å². The van der Waals surface area contributed by atoms with Crippen LogP contribution in [0.25, 0.3) is 0 Å². The molecule has 4 fully saturated rings. The maximum Gasteiger partial charge on any atom is 0.0110 e. The summed E-state index contributed by atoms with van der Waals surface area (Å²) in [5.41, 5.74) is 0. The molecule has 246 valence electrons. The van der Waals surface area contributed by atoms with Crippen molar-refractivity contribution in [2.24, 2.45) is 23.7 Å². The van der Waals surface area contributed by atoms with Crippen LogP contribution in [0.5, 0.6) is 0 Å². The third-order valence-corrected chi connectivity index (χ3v) is 8.20. The smallest absolute Gasteiger partial charge is 0.0110 e. The van der Waals surface area contributed by atoms with E-state index in [0.29, 0.717) is 0 Å². The number of hydrogen-bond donors (Lipinski definition) is 1. The van der Waals surface area contributed by atoms with Gasteiger partial charge >= 0.3 is 0 Å². The van der Waals surface area contributed by atoms with Crippen LogP contribution in [-0.2, 0) is 0 Å². The summed E-state index contributed by atoms with van der Waals surface area (Å²) in [4.78, 5) is 12.7. The van der Waals surface area contributed by atoms with Crippen LogP contribution in [0, 0.1) is 23.7 Å². The van der Waals surface area contributed by atoms with Gasteiger partial charge in [0, 0.05) is 78.5 Å². The molecule has 0 bridgehead atoms. The molecule has 0 amide bonds. The summed E-state index contributed by atoms with van der Waals surface area (Å²) < 4.78 is 0. The number of likely N-dealkylation sites (N-methyl/N-ethyl adjacent to an activating group) is 1. The summed E-state index contributed by atoms with van der Waals surface area (Å²) in [6.07, 6.45) is 8.60. The summed E-state index contributed by atoms with van der Waals surface area (Å²) in [7, 11) is 2.20. The zero-order valence-electron chi connectivity index (χ0n) is 29.6. The van der Waals surface area contributed by atoms with Crippen LogP contribution < -0.4 is 5.32 Å². The van der Waals surface area contributed by atoms with Crippen LogP contribution in [0.4, 0.5) is 0 Å². The highest BCUT2D eigenvalue weighted by atomic mass is 15.2. The van der Waals surface area contributed by atoms with Gasteiger partial charge in [0.05, 0.1) is 0 Å². The largest absolute Gasteiger partial charge is 0.314 e. The summed E-state index contributed by atoms with van der Waals surface area (Å²) in [6, 6.07) is 0. The second kappa shape index (κ2) is 24.1. The zero-order chi connectivity index (χ0) is 30.5. The lowest BCUT2D eigenvalue weighted by atomic mass is 10.1. The number of piperidine rings is 2. The van der Waals surface area contributed by atoms with Crippen LogP contribution in [0.3, 0.4) is 0 Å². The molecular weight excluding hydrogens is 504 g/mol. The van der Waals surface area contributed by atoms with E-state index in [1.165, 1.54) is 143 Å². The van der Waals surface area contributed by atoms with Gasteiger partial charge in [-0.05, 0) is 82.6 Å². The molecule has 6 heteroatoms. The van der Waals surface area contributed by atoms with Gasteiger partial charge in [-0.25, -0.2) is 0 Å². The molecule has 0 radical (unpaired) electrons. The van der Waals surface area contributed by atoms with Crippen molar-refractivity contribution in [3.8, 4) is 0 Å². The average Bonchev–Trinajstić information content (AvgIpc) is 2.92. The van der Waals surface area contributed by atoms with Crippen molar-refractivity contribution in [2.45, 2.75) is 93.9 Å². The third kappa shape index (κ3) is 22.9. The minimum Gasteiger partial charge on any atom is -0.314 e. The topological polar surface area (TPSA) is 28.2 Å².